The number of benzene rings is 2. The molecule has 0 atom stereocenters. The smallest absolute Gasteiger partial charge is 0.271 e. The molecule has 7 heteroatoms. The highest BCUT2D eigenvalue weighted by Crippen LogP contribution is 2.20. The first-order valence-electron chi connectivity index (χ1n) is 8.68. The van der Waals surface area contributed by atoms with Crippen molar-refractivity contribution in [1.29, 1.82) is 5.26 Å². The molecule has 0 aliphatic carbocycles. The summed E-state index contributed by atoms with van der Waals surface area (Å²) in [5.74, 6) is 0.356. The van der Waals surface area contributed by atoms with Crippen molar-refractivity contribution in [3.8, 4) is 23.1 Å². The number of aryl methyl sites for hydroxylation is 1. The van der Waals surface area contributed by atoms with Gasteiger partial charge in [-0.15, -0.1) is 0 Å². The molecule has 0 fully saturated rings. The number of carbonyl (C=O) groups excluding carboxylic acids is 1. The van der Waals surface area contributed by atoms with Gasteiger partial charge < -0.3 is 4.74 Å². The van der Waals surface area contributed by atoms with Crippen molar-refractivity contribution in [2.24, 2.45) is 5.10 Å². The SMILES string of the molecule is COc1ccc(C(=O)N/N=C\c2cn(CCC#N)nc2-c2ccccc2)cc1. The van der Waals surface area contributed by atoms with Gasteiger partial charge in [-0.2, -0.15) is 15.5 Å². The summed E-state index contributed by atoms with van der Waals surface area (Å²) >= 11 is 0. The van der Waals surface area contributed by atoms with Gasteiger partial charge in [0.2, 0.25) is 0 Å². The molecule has 0 bridgehead atoms. The van der Waals surface area contributed by atoms with Crippen LogP contribution in [-0.4, -0.2) is 29.0 Å². The van der Waals surface area contributed by atoms with Crippen LogP contribution in [0.2, 0.25) is 0 Å². The van der Waals surface area contributed by atoms with Crippen LogP contribution in [0.4, 0.5) is 0 Å². The highest BCUT2D eigenvalue weighted by atomic mass is 16.5. The Labute approximate surface area is 162 Å². The monoisotopic (exact) mass is 373 g/mol. The Hall–Kier alpha value is -3.92. The van der Waals surface area contributed by atoms with Gasteiger partial charge in [-0.05, 0) is 24.3 Å². The standard InChI is InChI=1S/C21H19N5O2/c1-28-19-10-8-17(9-11-19)21(27)24-23-14-18-15-26(13-5-12-22)25-20(18)16-6-3-2-4-7-16/h2-4,6-11,14-15H,5,13H2,1H3,(H,24,27)/b23-14-. The van der Waals surface area contributed by atoms with E-state index in [0.29, 0.717) is 24.3 Å². The Morgan fingerprint density at radius 1 is 1.25 bits per heavy atom. The van der Waals surface area contributed by atoms with Crippen molar-refractivity contribution in [2.75, 3.05) is 7.11 Å². The lowest BCUT2D eigenvalue weighted by atomic mass is 10.1. The number of carbonyl (C=O) groups is 1. The fourth-order valence-electron chi connectivity index (χ4n) is 2.60. The minimum absolute atomic E-state index is 0.322. The van der Waals surface area contributed by atoms with Crippen LogP contribution >= 0.6 is 0 Å². The lowest BCUT2D eigenvalue weighted by molar-refractivity contribution is 0.0955. The normalized spacial score (nSPS) is 10.6. The van der Waals surface area contributed by atoms with E-state index in [9.17, 15) is 4.79 Å². The zero-order chi connectivity index (χ0) is 19.8. The number of methoxy groups -OCH3 is 1. The van der Waals surface area contributed by atoms with Crippen molar-refractivity contribution in [3.63, 3.8) is 0 Å². The van der Waals surface area contributed by atoms with E-state index >= 15 is 0 Å². The Bertz CT molecular complexity index is 1000. The fourth-order valence-corrected chi connectivity index (χ4v) is 2.60. The van der Waals surface area contributed by atoms with Crippen molar-refractivity contribution < 1.29 is 9.53 Å². The molecule has 7 nitrogen and oxygen atoms in total. The van der Waals surface area contributed by atoms with Crippen LogP contribution < -0.4 is 10.2 Å². The predicted molar refractivity (Wildman–Crippen MR) is 106 cm³/mol. The van der Waals surface area contributed by atoms with Crippen molar-refractivity contribution in [1.82, 2.24) is 15.2 Å². The highest BCUT2D eigenvalue weighted by Gasteiger charge is 2.10. The Morgan fingerprint density at radius 2 is 2.00 bits per heavy atom. The number of hydrogen-bond acceptors (Lipinski definition) is 5. The van der Waals surface area contributed by atoms with E-state index in [4.69, 9.17) is 10.00 Å². The maximum atomic E-state index is 12.2. The maximum Gasteiger partial charge on any atom is 0.271 e. The number of nitrogens with zero attached hydrogens (tertiary/aromatic N) is 4. The minimum atomic E-state index is -0.322. The third-order valence-corrected chi connectivity index (χ3v) is 4.01. The number of nitriles is 1. The molecule has 1 heterocycles. The van der Waals surface area contributed by atoms with Gasteiger partial charge in [0, 0.05) is 22.9 Å². The third-order valence-electron chi connectivity index (χ3n) is 4.01. The summed E-state index contributed by atoms with van der Waals surface area (Å²) in [5.41, 5.74) is 5.41. The molecule has 3 aromatic rings. The van der Waals surface area contributed by atoms with E-state index in [0.717, 1.165) is 16.8 Å². The number of amides is 1. The number of nitrogens with one attached hydrogen (secondary N) is 1. The first-order chi connectivity index (χ1) is 13.7. The topological polar surface area (TPSA) is 92.3 Å². The molecule has 0 saturated heterocycles. The van der Waals surface area contributed by atoms with Gasteiger partial charge in [-0.3, -0.25) is 9.48 Å². The summed E-state index contributed by atoms with van der Waals surface area (Å²) in [6.07, 6.45) is 3.73. The van der Waals surface area contributed by atoms with E-state index in [1.807, 2.05) is 36.5 Å². The first kappa shape index (κ1) is 18.9. The molecule has 2 aromatic carbocycles. The summed E-state index contributed by atoms with van der Waals surface area (Å²) in [4.78, 5) is 12.2. The van der Waals surface area contributed by atoms with E-state index < -0.39 is 0 Å². The summed E-state index contributed by atoms with van der Waals surface area (Å²) in [5, 5.41) is 17.4. The second kappa shape index (κ2) is 9.14. The van der Waals surface area contributed by atoms with Crippen molar-refractivity contribution >= 4 is 12.1 Å². The summed E-state index contributed by atoms with van der Waals surface area (Å²) < 4.78 is 6.79. The molecule has 1 aromatic heterocycles. The van der Waals surface area contributed by atoms with Gasteiger partial charge in [0.25, 0.3) is 5.91 Å². The van der Waals surface area contributed by atoms with Crippen LogP contribution in [0.25, 0.3) is 11.3 Å². The van der Waals surface area contributed by atoms with Gasteiger partial charge in [0.05, 0.1) is 32.4 Å². The molecule has 3 rings (SSSR count). The molecule has 0 saturated carbocycles. The van der Waals surface area contributed by atoms with Gasteiger partial charge in [-0.25, -0.2) is 5.43 Å². The third kappa shape index (κ3) is 4.62. The molecular formula is C21H19N5O2. The van der Waals surface area contributed by atoms with Crippen LogP contribution in [0.1, 0.15) is 22.3 Å². The Balaban J connectivity index is 1.77. The molecule has 0 spiro atoms. The molecule has 0 radical (unpaired) electrons. The van der Waals surface area contributed by atoms with Crippen LogP contribution in [0.5, 0.6) is 5.75 Å². The lowest BCUT2D eigenvalue weighted by Crippen LogP contribution is -2.17. The number of rotatable bonds is 7. The molecule has 28 heavy (non-hydrogen) atoms. The molecule has 0 aliphatic rings. The second-order valence-electron chi connectivity index (χ2n) is 5.90. The predicted octanol–water partition coefficient (Wildman–Crippen LogP) is 3.24. The van der Waals surface area contributed by atoms with E-state index in [-0.39, 0.29) is 5.91 Å². The molecule has 0 unspecified atom stereocenters. The summed E-state index contributed by atoms with van der Waals surface area (Å²) in [7, 11) is 1.57. The van der Waals surface area contributed by atoms with Gasteiger partial charge in [-0.1, -0.05) is 30.3 Å². The quantitative estimate of drug-likeness (QED) is 0.508. The van der Waals surface area contributed by atoms with Gasteiger partial charge in [0.1, 0.15) is 11.4 Å². The maximum absolute atomic E-state index is 12.2. The van der Waals surface area contributed by atoms with E-state index in [2.05, 4.69) is 21.7 Å². The van der Waals surface area contributed by atoms with Gasteiger partial charge >= 0.3 is 0 Å². The Kier molecular flexibility index (Phi) is 6.16. The van der Waals surface area contributed by atoms with Crippen LogP contribution in [0.15, 0.2) is 65.9 Å². The number of aromatic nitrogens is 2. The second-order valence-corrected chi connectivity index (χ2v) is 5.90. The largest absolute Gasteiger partial charge is 0.497 e. The number of hydrogen-bond donors (Lipinski definition) is 1. The number of ether oxygens (including phenoxy) is 1. The van der Waals surface area contributed by atoms with Crippen LogP contribution in [0.3, 0.4) is 0 Å². The summed E-state index contributed by atoms with van der Waals surface area (Å²) in [6.45, 7) is 0.488. The average molecular weight is 373 g/mol. The fraction of sp³-hybridized carbons (Fsp3) is 0.143. The molecule has 1 N–H and O–H groups in total. The molecule has 0 aliphatic heterocycles. The highest BCUT2D eigenvalue weighted by molar-refractivity contribution is 5.95. The zero-order valence-corrected chi connectivity index (χ0v) is 15.4. The van der Waals surface area contributed by atoms with E-state index in [1.165, 1.54) is 0 Å². The molecule has 1 amide bonds. The van der Waals surface area contributed by atoms with Crippen molar-refractivity contribution in [3.05, 3.63) is 71.9 Å². The van der Waals surface area contributed by atoms with Crippen LogP contribution in [-0.2, 0) is 6.54 Å². The Morgan fingerprint density at radius 3 is 2.68 bits per heavy atom. The zero-order valence-electron chi connectivity index (χ0n) is 15.4. The molecule has 140 valence electrons. The van der Waals surface area contributed by atoms with Crippen LogP contribution in [0, 0.1) is 11.3 Å². The molecular weight excluding hydrogens is 354 g/mol. The number of hydrazone groups is 1. The first-order valence-corrected chi connectivity index (χ1v) is 8.68. The summed E-state index contributed by atoms with van der Waals surface area (Å²) in [6, 6.07) is 18.5. The lowest BCUT2D eigenvalue weighted by Gasteiger charge is -2.02. The minimum Gasteiger partial charge on any atom is -0.497 e. The van der Waals surface area contributed by atoms with Crippen molar-refractivity contribution in [2.45, 2.75) is 13.0 Å². The van der Waals surface area contributed by atoms with E-state index in [1.54, 1.807) is 42.3 Å². The van der Waals surface area contributed by atoms with Gasteiger partial charge in [0.15, 0.2) is 0 Å². The average Bonchev–Trinajstić information content (AvgIpc) is 3.16.